The van der Waals surface area contributed by atoms with Crippen LogP contribution < -0.4 is 10.5 Å². The standard InChI is InChI=1S/C14H12N4O3/c1-21-11-6-7-17-12(8-11)16-13(14(17)15)9-2-4-10(5-3-9)18(19)20/h2-8H,15H2,1H3. The Labute approximate surface area is 119 Å². The number of benzene rings is 1. The van der Waals surface area contributed by atoms with Crippen LogP contribution in [0.2, 0.25) is 0 Å². The number of methoxy groups -OCH3 is 1. The molecule has 21 heavy (non-hydrogen) atoms. The van der Waals surface area contributed by atoms with Gasteiger partial charge < -0.3 is 10.5 Å². The van der Waals surface area contributed by atoms with Crippen LogP contribution in [0, 0.1) is 10.1 Å². The first-order valence-corrected chi connectivity index (χ1v) is 6.16. The largest absolute Gasteiger partial charge is 0.497 e. The molecule has 2 N–H and O–H groups in total. The topological polar surface area (TPSA) is 95.7 Å². The molecule has 106 valence electrons. The number of nitrogens with two attached hydrogens (primary N) is 1. The minimum absolute atomic E-state index is 0.0303. The van der Waals surface area contributed by atoms with E-state index in [1.807, 2.05) is 0 Å². The number of aromatic nitrogens is 2. The van der Waals surface area contributed by atoms with Gasteiger partial charge in [-0.15, -0.1) is 0 Å². The fourth-order valence-electron chi connectivity index (χ4n) is 2.13. The molecule has 0 aliphatic rings. The Balaban J connectivity index is 2.11. The number of ether oxygens (including phenoxy) is 1. The van der Waals surface area contributed by atoms with E-state index in [2.05, 4.69) is 4.98 Å². The summed E-state index contributed by atoms with van der Waals surface area (Å²) in [5.74, 6) is 1.16. The van der Waals surface area contributed by atoms with E-state index in [0.29, 0.717) is 22.9 Å². The summed E-state index contributed by atoms with van der Waals surface area (Å²) >= 11 is 0. The first kappa shape index (κ1) is 12.9. The van der Waals surface area contributed by atoms with Crippen molar-refractivity contribution in [2.24, 2.45) is 0 Å². The van der Waals surface area contributed by atoms with Crippen LogP contribution in [0.15, 0.2) is 42.6 Å². The predicted octanol–water partition coefficient (Wildman–Crippen LogP) is 2.50. The number of hydrogen-bond acceptors (Lipinski definition) is 5. The van der Waals surface area contributed by atoms with E-state index in [0.717, 1.165) is 5.56 Å². The Kier molecular flexibility index (Phi) is 2.94. The van der Waals surface area contributed by atoms with E-state index in [9.17, 15) is 10.1 Å². The lowest BCUT2D eigenvalue weighted by molar-refractivity contribution is -0.384. The van der Waals surface area contributed by atoms with Gasteiger partial charge in [0.05, 0.1) is 12.0 Å². The molecular weight excluding hydrogens is 272 g/mol. The van der Waals surface area contributed by atoms with Crippen LogP contribution in [0.25, 0.3) is 16.9 Å². The third-order valence-electron chi connectivity index (χ3n) is 3.22. The van der Waals surface area contributed by atoms with Gasteiger partial charge in [-0.1, -0.05) is 0 Å². The maximum atomic E-state index is 10.7. The Bertz CT molecular complexity index is 824. The quantitative estimate of drug-likeness (QED) is 0.589. The maximum absolute atomic E-state index is 10.7. The van der Waals surface area contributed by atoms with Gasteiger partial charge in [-0.25, -0.2) is 4.98 Å². The number of imidazole rings is 1. The zero-order chi connectivity index (χ0) is 15.0. The number of pyridine rings is 1. The van der Waals surface area contributed by atoms with Gasteiger partial charge in [-0.05, 0) is 18.2 Å². The highest BCUT2D eigenvalue weighted by Crippen LogP contribution is 2.29. The van der Waals surface area contributed by atoms with Gasteiger partial charge in [0.15, 0.2) is 0 Å². The second-order valence-corrected chi connectivity index (χ2v) is 4.44. The second kappa shape index (κ2) is 4.78. The van der Waals surface area contributed by atoms with Crippen LogP contribution in [0.1, 0.15) is 0 Å². The summed E-state index contributed by atoms with van der Waals surface area (Å²) in [7, 11) is 1.58. The third kappa shape index (κ3) is 2.14. The van der Waals surface area contributed by atoms with Crippen LogP contribution >= 0.6 is 0 Å². The summed E-state index contributed by atoms with van der Waals surface area (Å²) in [6.07, 6.45) is 1.77. The predicted molar refractivity (Wildman–Crippen MR) is 78.2 cm³/mol. The Morgan fingerprint density at radius 2 is 2.00 bits per heavy atom. The van der Waals surface area contributed by atoms with Crippen LogP contribution in [-0.2, 0) is 0 Å². The first-order valence-electron chi connectivity index (χ1n) is 6.16. The van der Waals surface area contributed by atoms with Crippen LogP contribution in [-0.4, -0.2) is 21.4 Å². The summed E-state index contributed by atoms with van der Waals surface area (Å²) in [5, 5.41) is 10.7. The van der Waals surface area contributed by atoms with Crippen molar-refractivity contribution < 1.29 is 9.66 Å². The number of hydrogen-bond donors (Lipinski definition) is 1. The van der Waals surface area contributed by atoms with Crippen molar-refractivity contribution in [3.05, 3.63) is 52.7 Å². The van der Waals surface area contributed by atoms with Crippen LogP contribution in [0.5, 0.6) is 5.75 Å². The van der Waals surface area contributed by atoms with Gasteiger partial charge in [0.25, 0.3) is 5.69 Å². The molecule has 0 radical (unpaired) electrons. The highest BCUT2D eigenvalue weighted by Gasteiger charge is 2.13. The van der Waals surface area contributed by atoms with Gasteiger partial charge in [-0.2, -0.15) is 0 Å². The molecule has 0 amide bonds. The number of fused-ring (bicyclic) bond motifs is 1. The van der Waals surface area contributed by atoms with Gasteiger partial charge in [0.1, 0.15) is 22.9 Å². The lowest BCUT2D eigenvalue weighted by Crippen LogP contribution is -1.94. The van der Waals surface area contributed by atoms with E-state index < -0.39 is 4.92 Å². The number of non-ortho nitro benzene ring substituents is 1. The van der Waals surface area contributed by atoms with Crippen molar-refractivity contribution >= 4 is 17.2 Å². The summed E-state index contributed by atoms with van der Waals surface area (Å²) in [4.78, 5) is 14.7. The lowest BCUT2D eigenvalue weighted by Gasteiger charge is -2.01. The molecule has 0 fully saturated rings. The third-order valence-corrected chi connectivity index (χ3v) is 3.22. The van der Waals surface area contributed by atoms with E-state index in [1.54, 1.807) is 42.0 Å². The number of rotatable bonds is 3. The minimum Gasteiger partial charge on any atom is -0.497 e. The van der Waals surface area contributed by atoms with E-state index in [-0.39, 0.29) is 5.69 Å². The van der Waals surface area contributed by atoms with Crippen LogP contribution in [0.4, 0.5) is 11.5 Å². The van der Waals surface area contributed by atoms with Gasteiger partial charge in [-0.3, -0.25) is 14.5 Å². The van der Waals surface area contributed by atoms with Crippen molar-refractivity contribution in [3.63, 3.8) is 0 Å². The summed E-state index contributed by atoms with van der Waals surface area (Å²) in [6.45, 7) is 0. The number of nitro groups is 1. The molecule has 0 unspecified atom stereocenters. The molecule has 3 aromatic rings. The average Bonchev–Trinajstić information content (AvgIpc) is 2.83. The minimum atomic E-state index is -0.443. The molecule has 1 aromatic carbocycles. The molecule has 7 nitrogen and oxygen atoms in total. The second-order valence-electron chi connectivity index (χ2n) is 4.44. The molecule has 2 heterocycles. The molecular formula is C14H12N4O3. The number of anilines is 1. The fraction of sp³-hybridized carbons (Fsp3) is 0.0714. The zero-order valence-corrected chi connectivity index (χ0v) is 11.2. The zero-order valence-electron chi connectivity index (χ0n) is 11.2. The molecule has 3 rings (SSSR count). The van der Waals surface area contributed by atoms with E-state index >= 15 is 0 Å². The molecule has 0 bridgehead atoms. The summed E-state index contributed by atoms with van der Waals surface area (Å²) in [5.41, 5.74) is 8.07. The molecule has 0 atom stereocenters. The molecule has 0 saturated heterocycles. The van der Waals surface area contributed by atoms with E-state index in [4.69, 9.17) is 10.5 Å². The first-order chi connectivity index (χ1) is 10.1. The molecule has 7 heteroatoms. The van der Waals surface area contributed by atoms with Gasteiger partial charge in [0, 0.05) is 30.0 Å². The van der Waals surface area contributed by atoms with Crippen molar-refractivity contribution in [1.29, 1.82) is 0 Å². The van der Waals surface area contributed by atoms with Crippen molar-refractivity contribution in [1.82, 2.24) is 9.38 Å². The molecule has 0 aliphatic heterocycles. The monoisotopic (exact) mass is 284 g/mol. The Morgan fingerprint density at radius 1 is 1.29 bits per heavy atom. The molecule has 0 spiro atoms. The molecule has 0 saturated carbocycles. The molecule has 2 aromatic heterocycles. The van der Waals surface area contributed by atoms with Crippen molar-refractivity contribution in [2.75, 3.05) is 12.8 Å². The van der Waals surface area contributed by atoms with Gasteiger partial charge >= 0.3 is 0 Å². The SMILES string of the molecule is COc1ccn2c(N)c(-c3ccc([N+](=O)[O-])cc3)nc2c1. The normalized spacial score (nSPS) is 10.7. The fourth-order valence-corrected chi connectivity index (χ4v) is 2.13. The maximum Gasteiger partial charge on any atom is 0.269 e. The number of nitrogen functional groups attached to an aromatic ring is 1. The van der Waals surface area contributed by atoms with Crippen LogP contribution in [0.3, 0.4) is 0 Å². The smallest absolute Gasteiger partial charge is 0.269 e. The highest BCUT2D eigenvalue weighted by atomic mass is 16.6. The van der Waals surface area contributed by atoms with Crippen molar-refractivity contribution in [3.8, 4) is 17.0 Å². The summed E-state index contributed by atoms with van der Waals surface area (Å²) < 4.78 is 6.89. The lowest BCUT2D eigenvalue weighted by atomic mass is 10.1. The van der Waals surface area contributed by atoms with Gasteiger partial charge in [0.2, 0.25) is 0 Å². The Morgan fingerprint density at radius 3 is 2.62 bits per heavy atom. The molecule has 0 aliphatic carbocycles. The highest BCUT2D eigenvalue weighted by molar-refractivity contribution is 5.75. The average molecular weight is 284 g/mol. The van der Waals surface area contributed by atoms with Crippen molar-refractivity contribution in [2.45, 2.75) is 0 Å². The number of nitro benzene ring substituents is 1. The number of nitrogens with zero attached hydrogens (tertiary/aromatic N) is 3. The summed E-state index contributed by atoms with van der Waals surface area (Å²) in [6, 6.07) is 9.68. The van der Waals surface area contributed by atoms with E-state index in [1.165, 1.54) is 12.1 Å². The Hall–Kier alpha value is -3.09.